The van der Waals surface area contributed by atoms with Crippen LogP contribution < -0.4 is 5.32 Å². The number of sulfone groups is 1. The molecule has 1 heterocycles. The van der Waals surface area contributed by atoms with Gasteiger partial charge in [-0.15, -0.1) is 0 Å². The highest BCUT2D eigenvalue weighted by Gasteiger charge is 2.23. The van der Waals surface area contributed by atoms with E-state index in [9.17, 15) is 17.6 Å². The van der Waals surface area contributed by atoms with Crippen LogP contribution in [0.2, 0.25) is 0 Å². The Kier molecular flexibility index (Phi) is 3.71. The van der Waals surface area contributed by atoms with Crippen molar-refractivity contribution in [3.8, 4) is 0 Å². The van der Waals surface area contributed by atoms with E-state index in [1.54, 1.807) is 13.0 Å². The van der Waals surface area contributed by atoms with Gasteiger partial charge in [0.05, 0.1) is 18.2 Å². The number of rotatable bonds is 3. The van der Waals surface area contributed by atoms with Gasteiger partial charge in [-0.05, 0) is 36.3 Å². The van der Waals surface area contributed by atoms with Gasteiger partial charge in [-0.2, -0.15) is 0 Å². The lowest BCUT2D eigenvalue weighted by atomic mass is 10.1. The fourth-order valence-corrected chi connectivity index (χ4v) is 3.16. The zero-order chi connectivity index (χ0) is 14.0. The Morgan fingerprint density at radius 2 is 2.21 bits per heavy atom. The van der Waals surface area contributed by atoms with Crippen LogP contribution in [0.1, 0.15) is 11.1 Å². The van der Waals surface area contributed by atoms with Gasteiger partial charge in [-0.3, -0.25) is 4.79 Å². The molecule has 1 aromatic rings. The first-order valence-corrected chi connectivity index (χ1v) is 7.52. The smallest absolute Gasteiger partial charge is 0.224 e. The first-order valence-electron chi connectivity index (χ1n) is 5.81. The summed E-state index contributed by atoms with van der Waals surface area (Å²) >= 11 is 0. The number of carbonyl (C=O) groups excluding carboxylic acids is 1. The highest BCUT2D eigenvalue weighted by molar-refractivity contribution is 7.94. The Morgan fingerprint density at radius 3 is 2.84 bits per heavy atom. The molecule has 102 valence electrons. The van der Waals surface area contributed by atoms with E-state index < -0.39 is 21.7 Å². The molecular formula is C13H14FNO3S. The molecule has 0 fully saturated rings. The summed E-state index contributed by atoms with van der Waals surface area (Å²) in [5.74, 6) is -0.821. The molecule has 0 spiro atoms. The molecule has 2 rings (SSSR count). The molecule has 1 aliphatic heterocycles. The summed E-state index contributed by atoms with van der Waals surface area (Å²) in [6.07, 6.45) is 1.49. The maximum atomic E-state index is 13.1. The third kappa shape index (κ3) is 3.64. The van der Waals surface area contributed by atoms with Gasteiger partial charge >= 0.3 is 0 Å². The third-order valence-electron chi connectivity index (χ3n) is 2.94. The van der Waals surface area contributed by atoms with Crippen molar-refractivity contribution in [3.63, 3.8) is 0 Å². The van der Waals surface area contributed by atoms with Crippen molar-refractivity contribution in [3.05, 3.63) is 46.6 Å². The van der Waals surface area contributed by atoms with Crippen molar-refractivity contribution in [2.75, 3.05) is 5.75 Å². The number of benzene rings is 1. The summed E-state index contributed by atoms with van der Waals surface area (Å²) in [6.45, 7) is 1.79. The van der Waals surface area contributed by atoms with Crippen LogP contribution in [0.3, 0.4) is 0 Å². The number of halogens is 1. The van der Waals surface area contributed by atoms with Gasteiger partial charge in [0.2, 0.25) is 5.91 Å². The standard InChI is InChI=1S/C13H14FNO3S/c1-9-2-3-11(14)6-10(9)7-13(16)15-12-4-5-19(17,18)8-12/h2-6,12H,7-8H2,1H3,(H,15,16)/t12-/m1/s1. The van der Waals surface area contributed by atoms with Crippen LogP contribution >= 0.6 is 0 Å². The molecule has 1 atom stereocenters. The second kappa shape index (κ2) is 5.13. The molecule has 0 bridgehead atoms. The molecule has 0 aliphatic carbocycles. The summed E-state index contributed by atoms with van der Waals surface area (Å²) in [5, 5.41) is 3.70. The van der Waals surface area contributed by atoms with Gasteiger partial charge in [0.25, 0.3) is 0 Å². The molecule has 4 nitrogen and oxygen atoms in total. The number of aryl methyl sites for hydroxylation is 1. The van der Waals surface area contributed by atoms with E-state index in [2.05, 4.69) is 5.32 Å². The molecule has 0 unspecified atom stereocenters. The number of hydrogen-bond donors (Lipinski definition) is 1. The molecular weight excluding hydrogens is 269 g/mol. The minimum atomic E-state index is -3.18. The van der Waals surface area contributed by atoms with Gasteiger partial charge in [0, 0.05) is 5.41 Å². The molecule has 0 saturated carbocycles. The second-order valence-corrected chi connectivity index (χ2v) is 6.51. The number of nitrogens with one attached hydrogen (secondary N) is 1. The summed E-state index contributed by atoms with van der Waals surface area (Å²) < 4.78 is 35.5. The lowest BCUT2D eigenvalue weighted by molar-refractivity contribution is -0.120. The summed E-state index contributed by atoms with van der Waals surface area (Å²) in [5.41, 5.74) is 1.42. The number of carbonyl (C=O) groups is 1. The van der Waals surface area contributed by atoms with Gasteiger partial charge in [-0.1, -0.05) is 6.07 Å². The van der Waals surface area contributed by atoms with E-state index in [0.29, 0.717) is 5.56 Å². The molecule has 0 saturated heterocycles. The van der Waals surface area contributed by atoms with E-state index in [1.165, 1.54) is 18.2 Å². The molecule has 1 N–H and O–H groups in total. The lowest BCUT2D eigenvalue weighted by Crippen LogP contribution is -2.36. The predicted octanol–water partition coefficient (Wildman–Crippen LogP) is 1.10. The van der Waals surface area contributed by atoms with Crippen LogP contribution in [0.25, 0.3) is 0 Å². The highest BCUT2D eigenvalue weighted by atomic mass is 32.2. The first kappa shape index (κ1) is 13.7. The Bertz CT molecular complexity index is 637. The fraction of sp³-hybridized carbons (Fsp3) is 0.308. The summed E-state index contributed by atoms with van der Waals surface area (Å²) in [7, 11) is -3.18. The quantitative estimate of drug-likeness (QED) is 0.903. The average Bonchev–Trinajstić information content (AvgIpc) is 2.63. The van der Waals surface area contributed by atoms with Gasteiger partial charge in [0.1, 0.15) is 5.82 Å². The maximum Gasteiger partial charge on any atom is 0.224 e. The van der Waals surface area contributed by atoms with Crippen LogP contribution in [-0.2, 0) is 21.1 Å². The van der Waals surface area contributed by atoms with E-state index in [4.69, 9.17) is 0 Å². The summed E-state index contributed by atoms with van der Waals surface area (Å²) in [6, 6.07) is 3.77. The molecule has 0 radical (unpaired) electrons. The Hall–Kier alpha value is -1.69. The molecule has 1 aliphatic rings. The third-order valence-corrected chi connectivity index (χ3v) is 4.33. The van der Waals surface area contributed by atoms with Crippen LogP contribution in [0, 0.1) is 12.7 Å². The molecule has 1 aromatic carbocycles. The van der Waals surface area contributed by atoms with Crippen molar-refractivity contribution in [2.24, 2.45) is 0 Å². The average molecular weight is 283 g/mol. The SMILES string of the molecule is Cc1ccc(F)cc1CC(=O)N[C@@H]1C=CS(=O)(=O)C1. The van der Waals surface area contributed by atoms with Crippen LogP contribution in [-0.4, -0.2) is 26.1 Å². The molecule has 6 heteroatoms. The Balaban J connectivity index is 1.99. The number of hydrogen-bond acceptors (Lipinski definition) is 3. The van der Waals surface area contributed by atoms with Crippen molar-refractivity contribution in [1.82, 2.24) is 5.32 Å². The monoisotopic (exact) mass is 283 g/mol. The van der Waals surface area contributed by atoms with E-state index in [1.807, 2.05) is 0 Å². The van der Waals surface area contributed by atoms with E-state index in [0.717, 1.165) is 11.0 Å². The van der Waals surface area contributed by atoms with E-state index >= 15 is 0 Å². The second-order valence-electron chi connectivity index (χ2n) is 4.58. The van der Waals surface area contributed by atoms with Crippen LogP contribution in [0.4, 0.5) is 4.39 Å². The zero-order valence-electron chi connectivity index (χ0n) is 10.4. The van der Waals surface area contributed by atoms with Crippen LogP contribution in [0.15, 0.2) is 29.7 Å². The largest absolute Gasteiger partial charge is 0.349 e. The maximum absolute atomic E-state index is 13.1. The fourth-order valence-electron chi connectivity index (χ4n) is 1.93. The minimum Gasteiger partial charge on any atom is -0.349 e. The van der Waals surface area contributed by atoms with Crippen molar-refractivity contribution < 1.29 is 17.6 Å². The molecule has 1 amide bonds. The lowest BCUT2D eigenvalue weighted by Gasteiger charge is -2.11. The van der Waals surface area contributed by atoms with Crippen molar-refractivity contribution >= 4 is 15.7 Å². The minimum absolute atomic E-state index is 0.0357. The van der Waals surface area contributed by atoms with E-state index in [-0.39, 0.29) is 18.1 Å². The van der Waals surface area contributed by atoms with Crippen LogP contribution in [0.5, 0.6) is 0 Å². The first-order chi connectivity index (χ1) is 8.85. The Labute approximate surface area is 111 Å². The normalized spacial score (nSPS) is 20.4. The predicted molar refractivity (Wildman–Crippen MR) is 69.7 cm³/mol. The highest BCUT2D eigenvalue weighted by Crippen LogP contribution is 2.12. The van der Waals surface area contributed by atoms with Crippen molar-refractivity contribution in [2.45, 2.75) is 19.4 Å². The van der Waals surface area contributed by atoms with Crippen molar-refractivity contribution in [1.29, 1.82) is 0 Å². The number of amides is 1. The zero-order valence-corrected chi connectivity index (χ0v) is 11.2. The summed E-state index contributed by atoms with van der Waals surface area (Å²) in [4.78, 5) is 11.8. The molecule has 0 aromatic heterocycles. The molecule has 19 heavy (non-hydrogen) atoms. The van der Waals surface area contributed by atoms with Gasteiger partial charge in [0.15, 0.2) is 9.84 Å². The van der Waals surface area contributed by atoms with Gasteiger partial charge in [-0.25, -0.2) is 12.8 Å². The van der Waals surface area contributed by atoms with Gasteiger partial charge < -0.3 is 5.32 Å². The Morgan fingerprint density at radius 1 is 1.47 bits per heavy atom. The topological polar surface area (TPSA) is 63.2 Å².